The third-order valence-corrected chi connectivity index (χ3v) is 5.58. The highest BCUT2D eigenvalue weighted by Gasteiger charge is 2.22. The Kier molecular flexibility index (Phi) is 6.89. The zero-order valence-electron chi connectivity index (χ0n) is 17.6. The maximum Gasteiger partial charge on any atom is 0.172 e. The highest BCUT2D eigenvalue weighted by atomic mass is 16.3. The van der Waals surface area contributed by atoms with Crippen LogP contribution in [0, 0.1) is 18.3 Å². The number of likely N-dealkylation sites (N-methyl/N-ethyl adjacent to an activating group) is 1. The van der Waals surface area contributed by atoms with E-state index in [-0.39, 0.29) is 5.75 Å². The minimum Gasteiger partial charge on any atom is -0.507 e. The van der Waals surface area contributed by atoms with Gasteiger partial charge in [-0.05, 0) is 57.6 Å². The summed E-state index contributed by atoms with van der Waals surface area (Å²) in [7, 11) is 2.01. The van der Waals surface area contributed by atoms with E-state index in [1.54, 1.807) is 12.1 Å². The van der Waals surface area contributed by atoms with Crippen LogP contribution in [0.5, 0.6) is 5.75 Å². The summed E-state index contributed by atoms with van der Waals surface area (Å²) >= 11 is 0. The van der Waals surface area contributed by atoms with Crippen LogP contribution in [-0.2, 0) is 0 Å². The molecule has 1 aromatic carbocycles. The smallest absolute Gasteiger partial charge is 0.172 e. The molecule has 1 fully saturated rings. The molecular weight excluding hydrogens is 364 g/mol. The average Bonchev–Trinajstić information content (AvgIpc) is 2.75. The number of anilines is 2. The summed E-state index contributed by atoms with van der Waals surface area (Å²) in [6.45, 7) is 9.86. The Balaban J connectivity index is 0.000000252. The summed E-state index contributed by atoms with van der Waals surface area (Å²) in [6, 6.07) is 6.81. The van der Waals surface area contributed by atoms with Crippen LogP contribution in [0.2, 0.25) is 0 Å². The van der Waals surface area contributed by atoms with Gasteiger partial charge in [-0.1, -0.05) is 13.3 Å². The Morgan fingerprint density at radius 1 is 1.17 bits per heavy atom. The number of nitrogens with zero attached hydrogens (tertiary/aromatic N) is 5. The van der Waals surface area contributed by atoms with Gasteiger partial charge in [-0.25, -0.2) is 0 Å². The standard InChI is InChI=1S/C15H15N5O.C7H15N/c1-9-13(11-4-3-10(8-16)7-12(11)21)18-19-15-14(9)20(2)6-5-17-15;1-2-8-6-4-3-5-7-8/h3-4,7,21H,5-6H2,1-2H3,(H,17,19);2-7H2,1H3. The Bertz CT molecular complexity index is 886. The normalized spacial score (nSPS) is 16.1. The molecule has 2 aromatic rings. The quantitative estimate of drug-likeness (QED) is 0.807. The van der Waals surface area contributed by atoms with Crippen molar-refractivity contribution in [2.75, 3.05) is 50.0 Å². The molecular formula is C22H30N6O. The van der Waals surface area contributed by atoms with Gasteiger partial charge in [0.15, 0.2) is 5.82 Å². The van der Waals surface area contributed by atoms with Crippen molar-refractivity contribution in [3.63, 3.8) is 0 Å². The summed E-state index contributed by atoms with van der Waals surface area (Å²) < 4.78 is 0. The van der Waals surface area contributed by atoms with E-state index >= 15 is 0 Å². The number of likely N-dealkylation sites (tertiary alicyclic amines) is 1. The molecule has 0 spiro atoms. The number of phenolic OH excluding ortho intramolecular Hbond substituents is 1. The van der Waals surface area contributed by atoms with Crippen molar-refractivity contribution in [2.24, 2.45) is 0 Å². The van der Waals surface area contributed by atoms with Gasteiger partial charge < -0.3 is 20.2 Å². The molecule has 0 amide bonds. The third kappa shape index (κ3) is 4.77. The van der Waals surface area contributed by atoms with E-state index in [2.05, 4.69) is 32.2 Å². The maximum atomic E-state index is 10.1. The number of nitrogens with one attached hydrogen (secondary N) is 1. The third-order valence-electron chi connectivity index (χ3n) is 5.58. The van der Waals surface area contributed by atoms with Crippen LogP contribution in [0.4, 0.5) is 11.5 Å². The Hall–Kier alpha value is -2.85. The van der Waals surface area contributed by atoms with Crippen molar-refractivity contribution in [3.05, 3.63) is 29.3 Å². The number of nitriles is 1. The Labute approximate surface area is 173 Å². The van der Waals surface area contributed by atoms with Crippen LogP contribution < -0.4 is 10.2 Å². The molecule has 2 aliphatic rings. The van der Waals surface area contributed by atoms with Crippen LogP contribution in [0.25, 0.3) is 11.3 Å². The lowest BCUT2D eigenvalue weighted by molar-refractivity contribution is 0.240. The van der Waals surface area contributed by atoms with E-state index in [0.717, 1.165) is 30.2 Å². The van der Waals surface area contributed by atoms with Gasteiger partial charge in [-0.3, -0.25) is 0 Å². The van der Waals surface area contributed by atoms with Crippen molar-refractivity contribution in [1.82, 2.24) is 15.1 Å². The summed E-state index contributed by atoms with van der Waals surface area (Å²) in [5.41, 5.74) is 3.58. The molecule has 1 saturated heterocycles. The molecule has 29 heavy (non-hydrogen) atoms. The number of fused-ring (bicyclic) bond motifs is 1. The number of piperidine rings is 1. The van der Waals surface area contributed by atoms with E-state index in [9.17, 15) is 5.11 Å². The molecule has 0 saturated carbocycles. The molecule has 2 aliphatic heterocycles. The number of hydrogen-bond acceptors (Lipinski definition) is 7. The van der Waals surface area contributed by atoms with Crippen LogP contribution in [-0.4, -0.2) is 60.0 Å². The lowest BCUT2D eigenvalue weighted by Crippen LogP contribution is -2.32. The summed E-state index contributed by atoms with van der Waals surface area (Å²) in [5, 5.41) is 30.7. The van der Waals surface area contributed by atoms with E-state index in [0.29, 0.717) is 16.8 Å². The van der Waals surface area contributed by atoms with Gasteiger partial charge in [0.2, 0.25) is 0 Å². The monoisotopic (exact) mass is 394 g/mol. The lowest BCUT2D eigenvalue weighted by Gasteiger charge is -2.29. The number of rotatable bonds is 2. The van der Waals surface area contributed by atoms with E-state index in [4.69, 9.17) is 5.26 Å². The number of aromatic hydroxyl groups is 1. The van der Waals surface area contributed by atoms with Gasteiger partial charge in [-0.15, -0.1) is 10.2 Å². The zero-order valence-corrected chi connectivity index (χ0v) is 17.6. The van der Waals surface area contributed by atoms with Crippen molar-refractivity contribution >= 4 is 11.5 Å². The lowest BCUT2D eigenvalue weighted by atomic mass is 10.0. The molecule has 154 valence electrons. The molecule has 0 radical (unpaired) electrons. The van der Waals surface area contributed by atoms with Gasteiger partial charge in [0.1, 0.15) is 11.4 Å². The second-order valence-electron chi connectivity index (χ2n) is 7.56. The predicted octanol–water partition coefficient (Wildman–Crippen LogP) is 3.38. The highest BCUT2D eigenvalue weighted by Crippen LogP contribution is 2.37. The van der Waals surface area contributed by atoms with E-state index in [1.165, 1.54) is 45.0 Å². The minimum atomic E-state index is 0.0396. The SMILES string of the molecule is CCN1CCCCC1.Cc1c(-c2ccc(C#N)cc2O)nnc2c1N(C)CCN2. The first kappa shape index (κ1) is 20.9. The fourth-order valence-corrected chi connectivity index (χ4v) is 3.89. The molecule has 4 rings (SSSR count). The fourth-order valence-electron chi connectivity index (χ4n) is 3.89. The van der Waals surface area contributed by atoms with Gasteiger partial charge in [-0.2, -0.15) is 5.26 Å². The van der Waals surface area contributed by atoms with Crippen LogP contribution in [0.3, 0.4) is 0 Å². The molecule has 7 nitrogen and oxygen atoms in total. The van der Waals surface area contributed by atoms with Crippen molar-refractivity contribution < 1.29 is 5.11 Å². The molecule has 0 unspecified atom stereocenters. The summed E-state index contributed by atoms with van der Waals surface area (Å²) in [5.74, 6) is 0.802. The van der Waals surface area contributed by atoms with Crippen molar-refractivity contribution in [3.8, 4) is 23.1 Å². The Morgan fingerprint density at radius 3 is 2.55 bits per heavy atom. The molecule has 1 aromatic heterocycles. The summed E-state index contributed by atoms with van der Waals surface area (Å²) in [6.07, 6.45) is 4.30. The largest absolute Gasteiger partial charge is 0.507 e. The van der Waals surface area contributed by atoms with E-state index in [1.807, 2.05) is 20.0 Å². The highest BCUT2D eigenvalue weighted by molar-refractivity contribution is 5.80. The van der Waals surface area contributed by atoms with Crippen molar-refractivity contribution in [1.29, 1.82) is 5.26 Å². The van der Waals surface area contributed by atoms with Crippen LogP contribution in [0.15, 0.2) is 18.2 Å². The molecule has 0 atom stereocenters. The summed E-state index contributed by atoms with van der Waals surface area (Å²) in [4.78, 5) is 4.64. The average molecular weight is 395 g/mol. The van der Waals surface area contributed by atoms with Gasteiger partial charge >= 0.3 is 0 Å². The number of aromatic nitrogens is 2. The minimum absolute atomic E-state index is 0.0396. The van der Waals surface area contributed by atoms with Crippen LogP contribution in [0.1, 0.15) is 37.3 Å². The van der Waals surface area contributed by atoms with Crippen molar-refractivity contribution in [2.45, 2.75) is 33.1 Å². The predicted molar refractivity (Wildman–Crippen MR) is 116 cm³/mol. The molecule has 3 heterocycles. The zero-order chi connectivity index (χ0) is 20.8. The second kappa shape index (κ2) is 9.57. The number of phenols is 1. The Morgan fingerprint density at radius 2 is 1.93 bits per heavy atom. The first-order chi connectivity index (χ1) is 14.0. The first-order valence-electron chi connectivity index (χ1n) is 10.3. The fraction of sp³-hybridized carbons (Fsp3) is 0.500. The second-order valence-corrected chi connectivity index (χ2v) is 7.56. The molecule has 7 heteroatoms. The van der Waals surface area contributed by atoms with Gasteiger partial charge in [0.05, 0.1) is 17.3 Å². The first-order valence-corrected chi connectivity index (χ1v) is 10.3. The maximum absolute atomic E-state index is 10.1. The van der Waals surface area contributed by atoms with E-state index < -0.39 is 0 Å². The molecule has 0 aliphatic carbocycles. The van der Waals surface area contributed by atoms with Gasteiger partial charge in [0.25, 0.3) is 0 Å². The molecule has 0 bridgehead atoms. The molecule has 2 N–H and O–H groups in total. The number of hydrogen-bond donors (Lipinski definition) is 2. The topological polar surface area (TPSA) is 88.3 Å². The van der Waals surface area contributed by atoms with Gasteiger partial charge in [0, 0.05) is 31.3 Å². The van der Waals surface area contributed by atoms with Crippen LogP contribution >= 0.6 is 0 Å². The number of benzene rings is 1.